The summed E-state index contributed by atoms with van der Waals surface area (Å²) in [5, 5.41) is 13.1. The minimum Gasteiger partial charge on any atom is -0.387 e. The summed E-state index contributed by atoms with van der Waals surface area (Å²) in [5.74, 6) is 0. The van der Waals surface area contributed by atoms with E-state index in [9.17, 15) is 18.3 Å². The molecule has 20 heavy (non-hydrogen) atoms. The van der Waals surface area contributed by atoms with Crippen molar-refractivity contribution in [2.45, 2.75) is 31.2 Å². The van der Waals surface area contributed by atoms with Crippen LogP contribution in [0, 0.1) is 0 Å². The fourth-order valence-corrected chi connectivity index (χ4v) is 2.22. The molecule has 0 aliphatic carbocycles. The summed E-state index contributed by atoms with van der Waals surface area (Å²) >= 11 is 0. The molecule has 1 aromatic carbocycles. The van der Waals surface area contributed by atoms with Gasteiger partial charge in [-0.1, -0.05) is 12.1 Å². The first-order valence-corrected chi connectivity index (χ1v) is 6.63. The van der Waals surface area contributed by atoms with Crippen molar-refractivity contribution in [2.24, 2.45) is 0 Å². The number of alkyl halides is 3. The van der Waals surface area contributed by atoms with Gasteiger partial charge in [-0.15, -0.1) is 0 Å². The maximum absolute atomic E-state index is 12.6. The van der Waals surface area contributed by atoms with Crippen LogP contribution in [0.15, 0.2) is 24.3 Å². The number of aliphatic hydroxyl groups excluding tert-OH is 1. The molecule has 2 unspecified atom stereocenters. The molecule has 2 rings (SSSR count). The van der Waals surface area contributed by atoms with Gasteiger partial charge in [-0.3, -0.25) is 0 Å². The van der Waals surface area contributed by atoms with E-state index in [0.29, 0.717) is 6.61 Å². The Balaban J connectivity index is 1.93. The van der Waals surface area contributed by atoms with Gasteiger partial charge in [0.25, 0.3) is 0 Å². The quantitative estimate of drug-likeness (QED) is 0.895. The molecule has 1 aromatic rings. The van der Waals surface area contributed by atoms with Crippen molar-refractivity contribution < 1.29 is 23.0 Å². The third-order valence-electron chi connectivity index (χ3n) is 3.36. The lowest BCUT2D eigenvalue weighted by molar-refractivity contribution is -0.137. The molecule has 0 saturated carbocycles. The van der Waals surface area contributed by atoms with Crippen LogP contribution in [0.1, 0.15) is 30.1 Å². The number of ether oxygens (including phenoxy) is 1. The van der Waals surface area contributed by atoms with Crippen molar-refractivity contribution in [3.8, 4) is 0 Å². The highest BCUT2D eigenvalue weighted by Gasteiger charge is 2.30. The molecule has 0 bridgehead atoms. The SMILES string of the molecule is OC(CNC1CCCOC1)c1cccc(C(F)(F)F)c1. The van der Waals surface area contributed by atoms with Gasteiger partial charge in [-0.05, 0) is 30.5 Å². The molecule has 1 aliphatic rings. The predicted molar refractivity (Wildman–Crippen MR) is 68.2 cm³/mol. The van der Waals surface area contributed by atoms with Crippen molar-refractivity contribution >= 4 is 0 Å². The molecule has 1 aliphatic heterocycles. The smallest absolute Gasteiger partial charge is 0.387 e. The van der Waals surface area contributed by atoms with Gasteiger partial charge >= 0.3 is 6.18 Å². The second-order valence-corrected chi connectivity index (χ2v) is 4.96. The van der Waals surface area contributed by atoms with E-state index < -0.39 is 17.8 Å². The summed E-state index contributed by atoms with van der Waals surface area (Å²) in [6.07, 6.45) is -3.44. The lowest BCUT2D eigenvalue weighted by atomic mass is 10.0. The Morgan fingerprint density at radius 3 is 2.85 bits per heavy atom. The van der Waals surface area contributed by atoms with Crippen molar-refractivity contribution in [2.75, 3.05) is 19.8 Å². The maximum atomic E-state index is 12.6. The Morgan fingerprint density at radius 1 is 1.40 bits per heavy atom. The number of nitrogens with one attached hydrogen (secondary N) is 1. The Hall–Kier alpha value is -1.11. The van der Waals surface area contributed by atoms with Crippen LogP contribution < -0.4 is 5.32 Å². The van der Waals surface area contributed by atoms with E-state index in [1.807, 2.05) is 0 Å². The summed E-state index contributed by atoms with van der Waals surface area (Å²) in [5.41, 5.74) is -0.473. The molecule has 0 amide bonds. The zero-order valence-electron chi connectivity index (χ0n) is 11.0. The van der Waals surface area contributed by atoms with Crippen LogP contribution in [0.5, 0.6) is 0 Å². The third kappa shape index (κ3) is 4.19. The van der Waals surface area contributed by atoms with Crippen LogP contribution in [-0.4, -0.2) is 30.9 Å². The van der Waals surface area contributed by atoms with Crippen LogP contribution in [0.25, 0.3) is 0 Å². The van der Waals surface area contributed by atoms with E-state index in [2.05, 4.69) is 5.32 Å². The van der Waals surface area contributed by atoms with Gasteiger partial charge in [-0.2, -0.15) is 13.2 Å². The number of halogens is 3. The van der Waals surface area contributed by atoms with E-state index in [1.165, 1.54) is 12.1 Å². The topological polar surface area (TPSA) is 41.5 Å². The van der Waals surface area contributed by atoms with Gasteiger partial charge in [0.15, 0.2) is 0 Å². The maximum Gasteiger partial charge on any atom is 0.416 e. The van der Waals surface area contributed by atoms with E-state index >= 15 is 0 Å². The van der Waals surface area contributed by atoms with E-state index in [0.717, 1.165) is 31.6 Å². The first kappa shape index (κ1) is 15.3. The summed E-state index contributed by atoms with van der Waals surface area (Å²) in [6.45, 7) is 1.54. The molecule has 2 N–H and O–H groups in total. The number of hydrogen-bond acceptors (Lipinski definition) is 3. The normalized spacial score (nSPS) is 21.7. The van der Waals surface area contributed by atoms with Crippen LogP contribution in [0.2, 0.25) is 0 Å². The summed E-state index contributed by atoms with van der Waals surface area (Å²) in [6, 6.07) is 4.95. The third-order valence-corrected chi connectivity index (χ3v) is 3.36. The Bertz CT molecular complexity index is 431. The molecule has 0 spiro atoms. The van der Waals surface area contributed by atoms with Crippen LogP contribution >= 0.6 is 0 Å². The number of aliphatic hydroxyl groups is 1. The Kier molecular flexibility index (Phi) is 5.01. The molecule has 112 valence electrons. The van der Waals surface area contributed by atoms with Gasteiger partial charge in [0.05, 0.1) is 18.3 Å². The minimum absolute atomic E-state index is 0.157. The molecule has 0 radical (unpaired) electrons. The molecular formula is C14H18F3NO2. The zero-order valence-corrected chi connectivity index (χ0v) is 11.0. The molecular weight excluding hydrogens is 271 g/mol. The average molecular weight is 289 g/mol. The van der Waals surface area contributed by atoms with Gasteiger partial charge < -0.3 is 15.2 Å². The van der Waals surface area contributed by atoms with Crippen LogP contribution in [-0.2, 0) is 10.9 Å². The van der Waals surface area contributed by atoms with Crippen LogP contribution in [0.4, 0.5) is 13.2 Å². The van der Waals surface area contributed by atoms with Crippen molar-refractivity contribution in [1.82, 2.24) is 5.32 Å². The van der Waals surface area contributed by atoms with Gasteiger partial charge in [0.2, 0.25) is 0 Å². The monoisotopic (exact) mass is 289 g/mol. The van der Waals surface area contributed by atoms with E-state index in [4.69, 9.17) is 4.74 Å². The highest BCUT2D eigenvalue weighted by atomic mass is 19.4. The van der Waals surface area contributed by atoms with E-state index in [-0.39, 0.29) is 18.2 Å². The Morgan fingerprint density at radius 2 is 2.20 bits per heavy atom. The molecule has 1 heterocycles. The number of rotatable bonds is 4. The summed E-state index contributed by atoms with van der Waals surface area (Å²) in [4.78, 5) is 0. The van der Waals surface area contributed by atoms with Gasteiger partial charge in [0, 0.05) is 19.2 Å². The van der Waals surface area contributed by atoms with Gasteiger partial charge in [-0.25, -0.2) is 0 Å². The molecule has 2 atom stereocenters. The molecule has 1 saturated heterocycles. The summed E-state index contributed by atoms with van der Waals surface area (Å²) in [7, 11) is 0. The van der Waals surface area contributed by atoms with Crippen molar-refractivity contribution in [3.63, 3.8) is 0 Å². The zero-order chi connectivity index (χ0) is 14.6. The Labute approximate surface area is 115 Å². The minimum atomic E-state index is -4.39. The van der Waals surface area contributed by atoms with Gasteiger partial charge in [0.1, 0.15) is 0 Å². The summed E-state index contributed by atoms with van der Waals surface area (Å²) < 4.78 is 43.1. The van der Waals surface area contributed by atoms with Crippen molar-refractivity contribution in [1.29, 1.82) is 0 Å². The molecule has 0 aromatic heterocycles. The highest BCUT2D eigenvalue weighted by Crippen LogP contribution is 2.30. The van der Waals surface area contributed by atoms with Crippen LogP contribution in [0.3, 0.4) is 0 Å². The fraction of sp³-hybridized carbons (Fsp3) is 0.571. The largest absolute Gasteiger partial charge is 0.416 e. The first-order valence-electron chi connectivity index (χ1n) is 6.63. The van der Waals surface area contributed by atoms with E-state index in [1.54, 1.807) is 0 Å². The fourth-order valence-electron chi connectivity index (χ4n) is 2.22. The predicted octanol–water partition coefficient (Wildman–Crippen LogP) is 2.51. The number of benzene rings is 1. The first-order chi connectivity index (χ1) is 9.47. The lowest BCUT2D eigenvalue weighted by Crippen LogP contribution is -2.39. The molecule has 1 fully saturated rings. The average Bonchev–Trinajstić information content (AvgIpc) is 2.45. The second-order valence-electron chi connectivity index (χ2n) is 4.96. The standard InChI is InChI=1S/C14H18F3NO2/c15-14(16,17)11-4-1-3-10(7-11)13(19)8-18-12-5-2-6-20-9-12/h1,3-4,7,12-13,18-19H,2,5-6,8-9H2. The highest BCUT2D eigenvalue weighted by molar-refractivity contribution is 5.27. The van der Waals surface area contributed by atoms with Crippen molar-refractivity contribution in [3.05, 3.63) is 35.4 Å². The lowest BCUT2D eigenvalue weighted by Gasteiger charge is -2.24. The second kappa shape index (κ2) is 6.56. The molecule has 3 nitrogen and oxygen atoms in total. The number of hydrogen-bond donors (Lipinski definition) is 2. The molecule has 6 heteroatoms.